The van der Waals surface area contributed by atoms with Crippen LogP contribution < -0.4 is 14.8 Å². The van der Waals surface area contributed by atoms with Crippen molar-refractivity contribution >= 4 is 23.4 Å². The van der Waals surface area contributed by atoms with Gasteiger partial charge in [0.05, 0.1) is 18.4 Å². The van der Waals surface area contributed by atoms with E-state index in [1.54, 1.807) is 7.11 Å². The largest absolute Gasteiger partial charge is 0.497 e. The van der Waals surface area contributed by atoms with Crippen LogP contribution in [-0.4, -0.2) is 28.7 Å². The lowest BCUT2D eigenvalue weighted by atomic mass is 10.0. The predicted octanol–water partition coefficient (Wildman–Crippen LogP) is 6.20. The lowest BCUT2D eigenvalue weighted by Crippen LogP contribution is -2.15. The number of ether oxygens (including phenoxy) is 2. The molecule has 0 spiro atoms. The summed E-state index contributed by atoms with van der Waals surface area (Å²) >= 11 is 1.39. The molecule has 0 atom stereocenters. The maximum Gasteiger partial charge on any atom is 0.234 e. The summed E-state index contributed by atoms with van der Waals surface area (Å²) in [6, 6.07) is 21.4. The van der Waals surface area contributed by atoms with Crippen molar-refractivity contribution in [2.45, 2.75) is 25.3 Å². The third-order valence-corrected chi connectivity index (χ3v) is 6.97. The molecule has 1 N–H and O–H groups in total. The molecule has 4 aromatic rings. The SMILES string of the molecule is COc1ccc(-c2nc3c(c(SCC(=O)Nc4ccc(C)c(C)c4)n2)Cc2ccccc2O3)cc1. The molecule has 6 nitrogen and oxygen atoms in total. The van der Waals surface area contributed by atoms with Gasteiger partial charge in [-0.1, -0.05) is 36.0 Å². The Kier molecular flexibility index (Phi) is 6.42. The molecular formula is C28H25N3O3S. The van der Waals surface area contributed by atoms with E-state index in [0.29, 0.717) is 18.1 Å². The van der Waals surface area contributed by atoms with E-state index in [1.807, 2.05) is 73.7 Å². The van der Waals surface area contributed by atoms with Crippen molar-refractivity contribution in [3.63, 3.8) is 0 Å². The van der Waals surface area contributed by atoms with Gasteiger partial charge in [0.2, 0.25) is 11.8 Å². The Bertz CT molecular complexity index is 1400. The maximum absolute atomic E-state index is 12.8. The molecule has 176 valence electrons. The molecule has 0 bridgehead atoms. The number of rotatable bonds is 6. The fourth-order valence-corrected chi connectivity index (χ4v) is 4.69. The zero-order chi connectivity index (χ0) is 24.4. The average Bonchev–Trinajstić information content (AvgIpc) is 2.88. The predicted molar refractivity (Wildman–Crippen MR) is 139 cm³/mol. The Balaban J connectivity index is 1.43. The Morgan fingerprint density at radius 2 is 1.83 bits per heavy atom. The highest BCUT2D eigenvalue weighted by molar-refractivity contribution is 8.00. The zero-order valence-electron chi connectivity index (χ0n) is 19.8. The van der Waals surface area contributed by atoms with Gasteiger partial charge in [-0.2, -0.15) is 4.98 Å². The van der Waals surface area contributed by atoms with Gasteiger partial charge in [0.25, 0.3) is 0 Å². The highest BCUT2D eigenvalue weighted by Gasteiger charge is 2.24. The van der Waals surface area contributed by atoms with Crippen LogP contribution in [0.1, 0.15) is 22.3 Å². The molecule has 7 heteroatoms. The van der Waals surface area contributed by atoms with Crippen molar-refractivity contribution < 1.29 is 14.3 Å². The van der Waals surface area contributed by atoms with Gasteiger partial charge in [-0.25, -0.2) is 4.98 Å². The number of amides is 1. The highest BCUT2D eigenvalue weighted by atomic mass is 32.2. The van der Waals surface area contributed by atoms with E-state index in [4.69, 9.17) is 19.4 Å². The van der Waals surface area contributed by atoms with E-state index in [2.05, 4.69) is 12.2 Å². The van der Waals surface area contributed by atoms with E-state index in [1.165, 1.54) is 17.3 Å². The number of carbonyl (C=O) groups is 1. The molecular weight excluding hydrogens is 458 g/mol. The van der Waals surface area contributed by atoms with Crippen molar-refractivity contribution in [2.75, 3.05) is 18.2 Å². The van der Waals surface area contributed by atoms with Gasteiger partial charge in [0, 0.05) is 17.7 Å². The van der Waals surface area contributed by atoms with Gasteiger partial charge >= 0.3 is 0 Å². The fourth-order valence-electron chi connectivity index (χ4n) is 3.86. The molecule has 35 heavy (non-hydrogen) atoms. The number of carbonyl (C=O) groups excluding carboxylic acids is 1. The van der Waals surface area contributed by atoms with E-state index in [0.717, 1.165) is 44.5 Å². The molecule has 1 amide bonds. The Morgan fingerprint density at radius 1 is 1.03 bits per heavy atom. The molecule has 1 aromatic heterocycles. The van der Waals surface area contributed by atoms with Crippen LogP contribution in [0.2, 0.25) is 0 Å². The molecule has 1 aliphatic heterocycles. The normalized spacial score (nSPS) is 11.7. The minimum absolute atomic E-state index is 0.0891. The van der Waals surface area contributed by atoms with E-state index in [-0.39, 0.29) is 11.7 Å². The number of aromatic nitrogens is 2. The van der Waals surface area contributed by atoms with Crippen molar-refractivity contribution in [3.05, 3.63) is 89.0 Å². The summed E-state index contributed by atoms with van der Waals surface area (Å²) in [5, 5.41) is 3.73. The Morgan fingerprint density at radius 3 is 2.60 bits per heavy atom. The smallest absolute Gasteiger partial charge is 0.234 e. The number of aryl methyl sites for hydroxylation is 2. The van der Waals surface area contributed by atoms with Crippen LogP contribution in [0.15, 0.2) is 71.8 Å². The number of anilines is 1. The first-order chi connectivity index (χ1) is 17.0. The van der Waals surface area contributed by atoms with Crippen molar-refractivity contribution in [2.24, 2.45) is 0 Å². The third-order valence-electron chi connectivity index (χ3n) is 5.96. The van der Waals surface area contributed by atoms with Crippen LogP contribution in [0.5, 0.6) is 17.4 Å². The second kappa shape index (κ2) is 9.80. The first-order valence-corrected chi connectivity index (χ1v) is 12.3. The summed E-state index contributed by atoms with van der Waals surface area (Å²) in [4.78, 5) is 22.3. The van der Waals surface area contributed by atoms with Crippen LogP contribution in [0.25, 0.3) is 11.4 Å². The van der Waals surface area contributed by atoms with Crippen LogP contribution >= 0.6 is 11.8 Å². The number of para-hydroxylation sites is 1. The topological polar surface area (TPSA) is 73.3 Å². The molecule has 3 aromatic carbocycles. The first-order valence-electron chi connectivity index (χ1n) is 11.3. The summed E-state index contributed by atoms with van der Waals surface area (Å²) in [5.74, 6) is 2.76. The fraction of sp³-hybridized carbons (Fsp3) is 0.179. The number of hydrogen-bond donors (Lipinski definition) is 1. The number of nitrogens with zero attached hydrogens (tertiary/aromatic N) is 2. The van der Waals surface area contributed by atoms with Crippen molar-refractivity contribution in [1.29, 1.82) is 0 Å². The van der Waals surface area contributed by atoms with E-state index >= 15 is 0 Å². The molecule has 1 aliphatic rings. The van der Waals surface area contributed by atoms with Gasteiger partial charge in [-0.15, -0.1) is 0 Å². The van der Waals surface area contributed by atoms with Crippen LogP contribution in [-0.2, 0) is 11.2 Å². The molecule has 0 saturated carbocycles. The summed E-state index contributed by atoms with van der Waals surface area (Å²) < 4.78 is 11.4. The lowest BCUT2D eigenvalue weighted by Gasteiger charge is -2.21. The number of methoxy groups -OCH3 is 1. The summed E-state index contributed by atoms with van der Waals surface area (Å²) in [6.45, 7) is 4.08. The second-order valence-corrected chi connectivity index (χ2v) is 9.35. The highest BCUT2D eigenvalue weighted by Crippen LogP contribution is 2.40. The van der Waals surface area contributed by atoms with Gasteiger partial charge in [0.15, 0.2) is 5.82 Å². The van der Waals surface area contributed by atoms with E-state index in [9.17, 15) is 4.79 Å². The quantitative estimate of drug-likeness (QED) is 0.229. The Labute approximate surface area is 208 Å². The van der Waals surface area contributed by atoms with Crippen LogP contribution in [0.3, 0.4) is 0 Å². The minimum atomic E-state index is -0.0891. The second-order valence-electron chi connectivity index (χ2n) is 8.39. The number of fused-ring (bicyclic) bond motifs is 2. The summed E-state index contributed by atoms with van der Waals surface area (Å²) in [6.07, 6.45) is 0.648. The molecule has 0 saturated heterocycles. The van der Waals surface area contributed by atoms with Gasteiger partial charge < -0.3 is 14.8 Å². The molecule has 2 heterocycles. The Hall–Kier alpha value is -3.84. The summed E-state index contributed by atoms with van der Waals surface area (Å²) in [7, 11) is 1.63. The van der Waals surface area contributed by atoms with Crippen molar-refractivity contribution in [1.82, 2.24) is 9.97 Å². The summed E-state index contributed by atoms with van der Waals surface area (Å²) in [5.41, 5.74) is 5.93. The molecule has 0 unspecified atom stereocenters. The van der Waals surface area contributed by atoms with Gasteiger partial charge in [0.1, 0.15) is 16.5 Å². The minimum Gasteiger partial charge on any atom is -0.497 e. The number of nitrogens with one attached hydrogen (secondary N) is 1. The van der Waals surface area contributed by atoms with Crippen molar-refractivity contribution in [3.8, 4) is 28.8 Å². The number of benzene rings is 3. The molecule has 0 aliphatic carbocycles. The lowest BCUT2D eigenvalue weighted by molar-refractivity contribution is -0.113. The zero-order valence-corrected chi connectivity index (χ0v) is 20.6. The van der Waals surface area contributed by atoms with Gasteiger partial charge in [-0.3, -0.25) is 4.79 Å². The number of thioether (sulfide) groups is 1. The third kappa shape index (κ3) is 5.00. The standard InChI is InChI=1S/C28H25N3O3S/c1-17-8-11-21(14-18(17)2)29-25(32)16-35-28-23-15-20-6-4-5-7-24(20)34-27(23)30-26(31-28)19-9-12-22(33-3)13-10-19/h4-14H,15-16H2,1-3H3,(H,29,32). The van der Waals surface area contributed by atoms with Gasteiger partial charge in [-0.05, 0) is 73.0 Å². The maximum atomic E-state index is 12.8. The van der Waals surface area contributed by atoms with Crippen LogP contribution in [0, 0.1) is 13.8 Å². The molecule has 5 rings (SSSR count). The van der Waals surface area contributed by atoms with E-state index < -0.39 is 0 Å². The number of hydrogen-bond acceptors (Lipinski definition) is 6. The molecule has 0 fully saturated rings. The average molecular weight is 484 g/mol. The molecule has 0 radical (unpaired) electrons. The monoisotopic (exact) mass is 483 g/mol. The first kappa shape index (κ1) is 22.9. The van der Waals surface area contributed by atoms with Crippen LogP contribution in [0.4, 0.5) is 5.69 Å².